The van der Waals surface area contributed by atoms with Crippen molar-refractivity contribution in [3.8, 4) is 0 Å². The Balaban J connectivity index is 3.27. The standard InChI is InChI=1S/C12H15ClO4S/c1-4-5-17-12(14)11-7-10(18(13,15)16)6-8(2)9(11)3/h6-7H,4-5H2,1-3H3. The molecule has 0 aliphatic carbocycles. The highest BCUT2D eigenvalue weighted by atomic mass is 35.7. The molecule has 0 atom stereocenters. The van der Waals surface area contributed by atoms with Gasteiger partial charge in [-0.15, -0.1) is 0 Å². The maximum atomic E-state index is 11.8. The first-order valence-electron chi connectivity index (χ1n) is 5.50. The van der Waals surface area contributed by atoms with Gasteiger partial charge in [0.25, 0.3) is 9.05 Å². The van der Waals surface area contributed by atoms with Crippen LogP contribution in [0.4, 0.5) is 0 Å². The van der Waals surface area contributed by atoms with E-state index in [1.54, 1.807) is 13.8 Å². The van der Waals surface area contributed by atoms with Gasteiger partial charge in [-0.2, -0.15) is 0 Å². The summed E-state index contributed by atoms with van der Waals surface area (Å²) in [5.74, 6) is -0.528. The van der Waals surface area contributed by atoms with Crippen LogP contribution in [0, 0.1) is 13.8 Å². The lowest BCUT2D eigenvalue weighted by Crippen LogP contribution is -2.10. The van der Waals surface area contributed by atoms with Crippen molar-refractivity contribution < 1.29 is 17.9 Å². The van der Waals surface area contributed by atoms with E-state index in [1.807, 2.05) is 6.92 Å². The number of carbonyl (C=O) groups is 1. The topological polar surface area (TPSA) is 60.4 Å². The molecule has 18 heavy (non-hydrogen) atoms. The van der Waals surface area contributed by atoms with Crippen molar-refractivity contribution in [3.05, 3.63) is 28.8 Å². The van der Waals surface area contributed by atoms with E-state index in [1.165, 1.54) is 12.1 Å². The minimum Gasteiger partial charge on any atom is -0.462 e. The average molecular weight is 291 g/mol. The number of hydrogen-bond donors (Lipinski definition) is 0. The number of rotatable bonds is 4. The average Bonchev–Trinajstić information content (AvgIpc) is 2.27. The van der Waals surface area contributed by atoms with Gasteiger partial charge in [0.15, 0.2) is 0 Å². The van der Waals surface area contributed by atoms with Gasteiger partial charge in [-0.1, -0.05) is 6.92 Å². The molecule has 1 aromatic rings. The van der Waals surface area contributed by atoms with E-state index in [2.05, 4.69) is 0 Å². The number of hydrogen-bond acceptors (Lipinski definition) is 4. The van der Waals surface area contributed by atoms with Gasteiger partial charge >= 0.3 is 5.97 Å². The lowest BCUT2D eigenvalue weighted by molar-refractivity contribution is 0.0504. The van der Waals surface area contributed by atoms with E-state index >= 15 is 0 Å². The maximum Gasteiger partial charge on any atom is 0.338 e. The Labute approximate surface area is 111 Å². The van der Waals surface area contributed by atoms with E-state index in [9.17, 15) is 13.2 Å². The Kier molecular flexibility index (Phi) is 4.76. The Morgan fingerprint density at radius 1 is 1.33 bits per heavy atom. The third-order valence-corrected chi connectivity index (χ3v) is 3.91. The fourth-order valence-corrected chi connectivity index (χ4v) is 2.29. The number of esters is 1. The van der Waals surface area contributed by atoms with Gasteiger partial charge in [0.1, 0.15) is 0 Å². The molecule has 0 saturated heterocycles. The van der Waals surface area contributed by atoms with Crippen LogP contribution < -0.4 is 0 Å². The number of halogens is 1. The highest BCUT2D eigenvalue weighted by Crippen LogP contribution is 2.23. The van der Waals surface area contributed by atoms with Crippen LogP contribution >= 0.6 is 10.7 Å². The number of aryl methyl sites for hydroxylation is 1. The largest absolute Gasteiger partial charge is 0.462 e. The Hall–Kier alpha value is -1.07. The Bertz CT molecular complexity index is 564. The summed E-state index contributed by atoms with van der Waals surface area (Å²) in [6.07, 6.45) is 0.706. The molecule has 100 valence electrons. The second-order valence-electron chi connectivity index (χ2n) is 3.99. The molecule has 0 saturated carbocycles. The summed E-state index contributed by atoms with van der Waals surface area (Å²) < 4.78 is 27.6. The molecule has 0 aliphatic heterocycles. The third-order valence-electron chi connectivity index (χ3n) is 2.58. The van der Waals surface area contributed by atoms with Crippen molar-refractivity contribution in [1.29, 1.82) is 0 Å². The summed E-state index contributed by atoms with van der Waals surface area (Å²) in [5.41, 5.74) is 1.61. The molecule has 0 spiro atoms. The predicted molar refractivity (Wildman–Crippen MR) is 69.5 cm³/mol. The molecule has 4 nitrogen and oxygen atoms in total. The van der Waals surface area contributed by atoms with Gasteiger partial charge in [0, 0.05) is 10.7 Å². The van der Waals surface area contributed by atoms with Crippen molar-refractivity contribution in [2.45, 2.75) is 32.1 Å². The normalized spacial score (nSPS) is 11.3. The summed E-state index contributed by atoms with van der Waals surface area (Å²) in [5, 5.41) is 0. The van der Waals surface area contributed by atoms with E-state index in [4.69, 9.17) is 15.4 Å². The summed E-state index contributed by atoms with van der Waals surface area (Å²) in [6.45, 7) is 5.64. The third kappa shape index (κ3) is 3.46. The van der Waals surface area contributed by atoms with Crippen molar-refractivity contribution in [1.82, 2.24) is 0 Å². The lowest BCUT2D eigenvalue weighted by Gasteiger charge is -2.10. The quantitative estimate of drug-likeness (QED) is 0.632. The van der Waals surface area contributed by atoms with Crippen LogP contribution in [0.15, 0.2) is 17.0 Å². The molecule has 0 aliphatic rings. The summed E-state index contributed by atoms with van der Waals surface area (Å²) >= 11 is 0. The highest BCUT2D eigenvalue weighted by Gasteiger charge is 2.18. The molecule has 1 rings (SSSR count). The van der Waals surface area contributed by atoms with Crippen molar-refractivity contribution >= 4 is 25.7 Å². The van der Waals surface area contributed by atoms with Crippen LogP contribution in [-0.2, 0) is 13.8 Å². The van der Waals surface area contributed by atoms with Crippen molar-refractivity contribution in [2.24, 2.45) is 0 Å². The van der Waals surface area contributed by atoms with Gasteiger partial charge in [-0.3, -0.25) is 0 Å². The fraction of sp³-hybridized carbons (Fsp3) is 0.417. The lowest BCUT2D eigenvalue weighted by atomic mass is 10.0. The second-order valence-corrected chi connectivity index (χ2v) is 6.55. The SMILES string of the molecule is CCCOC(=O)c1cc(S(=O)(=O)Cl)cc(C)c1C. The molecule has 6 heteroatoms. The summed E-state index contributed by atoms with van der Waals surface area (Å²) in [6, 6.07) is 2.69. The van der Waals surface area contributed by atoms with E-state index in [0.717, 1.165) is 0 Å². The van der Waals surface area contributed by atoms with Crippen LogP contribution in [-0.4, -0.2) is 21.0 Å². The highest BCUT2D eigenvalue weighted by molar-refractivity contribution is 8.13. The van der Waals surface area contributed by atoms with Crippen molar-refractivity contribution in [2.75, 3.05) is 6.61 Å². The molecule has 1 aromatic carbocycles. The van der Waals surface area contributed by atoms with E-state index < -0.39 is 15.0 Å². The summed E-state index contributed by atoms with van der Waals surface area (Å²) in [4.78, 5) is 11.7. The fourth-order valence-electron chi connectivity index (χ4n) is 1.45. The molecule has 0 radical (unpaired) electrons. The molecule has 0 fully saturated rings. The van der Waals surface area contributed by atoms with Crippen LogP contribution in [0.5, 0.6) is 0 Å². The summed E-state index contributed by atoms with van der Waals surface area (Å²) in [7, 11) is 1.43. The molecular weight excluding hydrogens is 276 g/mol. The maximum absolute atomic E-state index is 11.8. The first-order valence-corrected chi connectivity index (χ1v) is 7.81. The molecular formula is C12H15ClO4S. The van der Waals surface area contributed by atoms with Crippen LogP contribution in [0.2, 0.25) is 0 Å². The van der Waals surface area contributed by atoms with Gasteiger partial charge in [-0.05, 0) is 43.5 Å². The molecule has 0 N–H and O–H groups in total. The van der Waals surface area contributed by atoms with Crippen LogP contribution in [0.3, 0.4) is 0 Å². The van der Waals surface area contributed by atoms with Gasteiger partial charge in [0.2, 0.25) is 0 Å². The number of ether oxygens (including phenoxy) is 1. The van der Waals surface area contributed by atoms with E-state index in [0.29, 0.717) is 24.2 Å². The number of carbonyl (C=O) groups excluding carboxylic acids is 1. The van der Waals surface area contributed by atoms with Gasteiger partial charge < -0.3 is 4.74 Å². The van der Waals surface area contributed by atoms with E-state index in [-0.39, 0.29) is 10.5 Å². The minimum absolute atomic E-state index is 0.0873. The zero-order valence-corrected chi connectivity index (χ0v) is 12.1. The van der Waals surface area contributed by atoms with Gasteiger partial charge in [0.05, 0.1) is 17.1 Å². The first-order chi connectivity index (χ1) is 8.27. The predicted octanol–water partition coefficient (Wildman–Crippen LogP) is 2.80. The first kappa shape index (κ1) is 15.0. The smallest absolute Gasteiger partial charge is 0.338 e. The molecule has 0 amide bonds. The van der Waals surface area contributed by atoms with Gasteiger partial charge in [-0.25, -0.2) is 13.2 Å². The zero-order valence-electron chi connectivity index (χ0n) is 10.5. The Morgan fingerprint density at radius 2 is 1.94 bits per heavy atom. The molecule has 0 bridgehead atoms. The second kappa shape index (κ2) is 5.71. The van der Waals surface area contributed by atoms with Crippen LogP contribution in [0.1, 0.15) is 34.8 Å². The van der Waals surface area contributed by atoms with Crippen molar-refractivity contribution in [3.63, 3.8) is 0 Å². The molecule has 0 heterocycles. The van der Waals surface area contributed by atoms with Crippen LogP contribution in [0.25, 0.3) is 0 Å². The molecule has 0 unspecified atom stereocenters. The monoisotopic (exact) mass is 290 g/mol. The molecule has 0 aromatic heterocycles. The minimum atomic E-state index is -3.85. The zero-order chi connectivity index (χ0) is 13.9. The Morgan fingerprint density at radius 3 is 2.44 bits per heavy atom. The number of benzene rings is 1.